The second-order valence-electron chi connectivity index (χ2n) is 4.60. The van der Waals surface area contributed by atoms with Gasteiger partial charge in [-0.25, -0.2) is 0 Å². The number of rotatable bonds is 4. The van der Waals surface area contributed by atoms with E-state index < -0.39 is 5.91 Å². The maximum Gasteiger partial charge on any atom is 0.248 e. The van der Waals surface area contributed by atoms with Crippen LogP contribution in [-0.4, -0.2) is 29.6 Å². The molecular formula is C14H15N5O. The van der Waals surface area contributed by atoms with Crippen LogP contribution in [0.4, 0.5) is 5.69 Å². The van der Waals surface area contributed by atoms with Crippen molar-refractivity contribution >= 4 is 17.3 Å². The van der Waals surface area contributed by atoms with Crippen LogP contribution in [0.5, 0.6) is 0 Å². The molecule has 0 unspecified atom stereocenters. The Morgan fingerprint density at radius 3 is 2.55 bits per heavy atom. The van der Waals surface area contributed by atoms with Gasteiger partial charge >= 0.3 is 0 Å². The minimum absolute atomic E-state index is 0.443. The van der Waals surface area contributed by atoms with Gasteiger partial charge in [-0.1, -0.05) is 0 Å². The van der Waals surface area contributed by atoms with E-state index in [1.54, 1.807) is 36.1 Å². The average molecular weight is 269 g/mol. The van der Waals surface area contributed by atoms with Crippen LogP contribution in [0.3, 0.4) is 0 Å². The smallest absolute Gasteiger partial charge is 0.248 e. The first-order chi connectivity index (χ1) is 9.51. The van der Waals surface area contributed by atoms with E-state index in [0.717, 1.165) is 17.0 Å². The third-order valence-electron chi connectivity index (χ3n) is 3.12. The van der Waals surface area contributed by atoms with Crippen LogP contribution in [0.15, 0.2) is 35.5 Å². The highest BCUT2D eigenvalue weighted by atomic mass is 16.1. The number of primary amides is 1. The van der Waals surface area contributed by atoms with E-state index in [1.165, 1.54) is 0 Å². The van der Waals surface area contributed by atoms with E-state index in [2.05, 4.69) is 11.5 Å². The molecule has 1 amide bonds. The summed E-state index contributed by atoms with van der Waals surface area (Å²) in [5.74, 6) is -0.469. The van der Waals surface area contributed by atoms with Crippen molar-refractivity contribution < 1.29 is 4.79 Å². The van der Waals surface area contributed by atoms with Gasteiger partial charge in [0.25, 0.3) is 0 Å². The van der Waals surface area contributed by atoms with Crippen molar-refractivity contribution in [3.05, 3.63) is 41.1 Å². The topological polar surface area (TPSA) is 106 Å². The molecule has 0 fully saturated rings. The van der Waals surface area contributed by atoms with Crippen molar-refractivity contribution in [2.75, 3.05) is 18.4 Å². The van der Waals surface area contributed by atoms with Gasteiger partial charge in [0, 0.05) is 28.2 Å². The van der Waals surface area contributed by atoms with Crippen LogP contribution in [0.25, 0.3) is 0 Å². The monoisotopic (exact) mass is 269 g/mol. The van der Waals surface area contributed by atoms with Gasteiger partial charge in [-0.3, -0.25) is 4.79 Å². The van der Waals surface area contributed by atoms with Crippen molar-refractivity contribution in [2.24, 2.45) is 5.73 Å². The highest BCUT2D eigenvalue weighted by molar-refractivity contribution is 5.98. The molecule has 0 aromatic heterocycles. The summed E-state index contributed by atoms with van der Waals surface area (Å²) in [7, 11) is 0. The zero-order valence-electron chi connectivity index (χ0n) is 11.1. The Kier molecular flexibility index (Phi) is 3.71. The molecule has 6 heteroatoms. The Balaban J connectivity index is 2.19. The molecule has 1 aliphatic rings. The minimum atomic E-state index is -0.469. The lowest BCUT2D eigenvalue weighted by molar-refractivity contribution is 0.100. The second kappa shape index (κ2) is 5.45. The molecule has 1 aliphatic heterocycles. The molecule has 4 N–H and O–H groups in total. The van der Waals surface area contributed by atoms with E-state index in [9.17, 15) is 4.79 Å². The summed E-state index contributed by atoms with van der Waals surface area (Å²) in [5, 5.41) is 19.9. The molecule has 1 aromatic rings. The molecule has 0 bridgehead atoms. The Hall–Kier alpha value is -2.81. The van der Waals surface area contributed by atoms with Gasteiger partial charge in [0.1, 0.15) is 0 Å². The van der Waals surface area contributed by atoms with E-state index in [-0.39, 0.29) is 0 Å². The molecule has 20 heavy (non-hydrogen) atoms. The first-order valence-corrected chi connectivity index (χ1v) is 6.10. The number of amides is 1. The molecule has 0 spiro atoms. The lowest BCUT2D eigenvalue weighted by Crippen LogP contribution is -2.16. The summed E-state index contributed by atoms with van der Waals surface area (Å²) >= 11 is 0. The highest BCUT2D eigenvalue weighted by Crippen LogP contribution is 2.21. The van der Waals surface area contributed by atoms with Gasteiger partial charge in [-0.05, 0) is 31.2 Å². The van der Waals surface area contributed by atoms with E-state index in [4.69, 9.17) is 16.4 Å². The zero-order valence-corrected chi connectivity index (χ0v) is 11.1. The Morgan fingerprint density at radius 2 is 2.05 bits per heavy atom. The van der Waals surface area contributed by atoms with E-state index in [1.807, 2.05) is 0 Å². The number of anilines is 1. The van der Waals surface area contributed by atoms with Gasteiger partial charge in [0.2, 0.25) is 5.91 Å². The van der Waals surface area contributed by atoms with Crippen LogP contribution < -0.4 is 11.1 Å². The fraction of sp³-hybridized carbons (Fsp3) is 0.214. The van der Waals surface area contributed by atoms with Crippen LogP contribution in [0.1, 0.15) is 17.3 Å². The number of nitrogens with zero attached hydrogens (tertiary/aromatic N) is 2. The van der Waals surface area contributed by atoms with Gasteiger partial charge in [0.05, 0.1) is 13.1 Å². The Labute approximate surface area is 117 Å². The third-order valence-corrected chi connectivity index (χ3v) is 3.12. The standard InChI is InChI=1S/C14H15N5O/c1-9(16)12-6-19(8-15)7-13(12)18-11-4-2-10(3-5-11)14(17)20/h2-5,16,18H,6-7H2,1H3,(H2,17,20). The third kappa shape index (κ3) is 2.78. The maximum atomic E-state index is 11.0. The molecule has 0 radical (unpaired) electrons. The quantitative estimate of drug-likeness (QED) is 0.565. The number of hydrogen-bond donors (Lipinski definition) is 3. The van der Waals surface area contributed by atoms with Crippen LogP contribution in [-0.2, 0) is 0 Å². The molecule has 2 rings (SSSR count). The predicted octanol–water partition coefficient (Wildman–Crippen LogP) is 1.29. The van der Waals surface area contributed by atoms with Crippen molar-refractivity contribution in [2.45, 2.75) is 6.92 Å². The van der Waals surface area contributed by atoms with Crippen molar-refractivity contribution in [3.63, 3.8) is 0 Å². The number of carbonyl (C=O) groups is 1. The number of nitrogens with two attached hydrogens (primary N) is 1. The number of carbonyl (C=O) groups excluding carboxylic acids is 1. The summed E-state index contributed by atoms with van der Waals surface area (Å²) < 4.78 is 0. The molecule has 0 atom stereocenters. The Morgan fingerprint density at radius 1 is 1.40 bits per heavy atom. The number of nitriles is 1. The second-order valence-corrected chi connectivity index (χ2v) is 4.60. The average Bonchev–Trinajstić information content (AvgIpc) is 2.82. The fourth-order valence-electron chi connectivity index (χ4n) is 2.05. The van der Waals surface area contributed by atoms with E-state index >= 15 is 0 Å². The van der Waals surface area contributed by atoms with Crippen molar-refractivity contribution in [1.82, 2.24) is 4.90 Å². The predicted molar refractivity (Wildman–Crippen MR) is 76.2 cm³/mol. The van der Waals surface area contributed by atoms with Gasteiger partial charge in [0.15, 0.2) is 6.19 Å². The van der Waals surface area contributed by atoms with Gasteiger partial charge in [-0.2, -0.15) is 5.26 Å². The molecule has 0 saturated carbocycles. The Bertz CT molecular complexity index is 624. The fourth-order valence-corrected chi connectivity index (χ4v) is 2.05. The summed E-state index contributed by atoms with van der Waals surface area (Å²) in [5.41, 5.74) is 8.53. The minimum Gasteiger partial charge on any atom is -0.366 e. The van der Waals surface area contributed by atoms with Crippen molar-refractivity contribution in [3.8, 4) is 6.19 Å². The number of hydrogen-bond acceptors (Lipinski definition) is 5. The van der Waals surface area contributed by atoms with Crippen LogP contribution >= 0.6 is 0 Å². The van der Waals surface area contributed by atoms with E-state index in [0.29, 0.717) is 24.4 Å². The molecule has 0 aliphatic carbocycles. The molecular weight excluding hydrogens is 254 g/mol. The van der Waals surface area contributed by atoms with Crippen molar-refractivity contribution in [1.29, 1.82) is 10.7 Å². The SMILES string of the molecule is CC(=N)C1=C(Nc2ccc(C(N)=O)cc2)CN(C#N)C1. The number of benzene rings is 1. The summed E-state index contributed by atoms with van der Waals surface area (Å²) in [6, 6.07) is 6.77. The summed E-state index contributed by atoms with van der Waals surface area (Å²) in [6.45, 7) is 2.61. The first-order valence-electron chi connectivity index (χ1n) is 6.10. The normalized spacial score (nSPS) is 14.1. The van der Waals surface area contributed by atoms with Gasteiger partial charge < -0.3 is 21.4 Å². The number of nitrogens with one attached hydrogen (secondary N) is 2. The molecule has 1 aromatic carbocycles. The molecule has 102 valence electrons. The van der Waals surface area contributed by atoms with Crippen LogP contribution in [0.2, 0.25) is 0 Å². The van der Waals surface area contributed by atoms with Crippen LogP contribution in [0, 0.1) is 16.9 Å². The maximum absolute atomic E-state index is 11.0. The summed E-state index contributed by atoms with van der Waals surface area (Å²) in [4.78, 5) is 12.6. The largest absolute Gasteiger partial charge is 0.366 e. The molecule has 1 heterocycles. The molecule has 6 nitrogen and oxygen atoms in total. The van der Waals surface area contributed by atoms with Gasteiger partial charge in [-0.15, -0.1) is 0 Å². The summed E-state index contributed by atoms with van der Waals surface area (Å²) in [6.07, 6.45) is 2.08. The lowest BCUT2D eigenvalue weighted by Gasteiger charge is -2.10. The highest BCUT2D eigenvalue weighted by Gasteiger charge is 2.22. The zero-order chi connectivity index (χ0) is 14.7. The first kappa shape index (κ1) is 13.6. The lowest BCUT2D eigenvalue weighted by atomic mass is 10.1. The molecule has 0 saturated heterocycles.